The second-order valence-corrected chi connectivity index (χ2v) is 14.4. The number of carbonyl (C=O) groups excluding carboxylic acids is 3. The van der Waals surface area contributed by atoms with E-state index in [1.54, 1.807) is 62.3 Å². The summed E-state index contributed by atoms with van der Waals surface area (Å²) in [5, 5.41) is 4.66. The average molecular weight is 677 g/mol. The number of hydrogen-bond donors (Lipinski definition) is 0. The highest BCUT2D eigenvalue weighted by Gasteiger charge is 2.37. The van der Waals surface area contributed by atoms with Crippen molar-refractivity contribution >= 4 is 29.9 Å². The van der Waals surface area contributed by atoms with Gasteiger partial charge in [-0.3, -0.25) is 4.98 Å². The number of aryl methyl sites for hydroxylation is 2. The number of anilines is 1. The van der Waals surface area contributed by atoms with Crippen molar-refractivity contribution in [1.82, 2.24) is 24.1 Å². The fraction of sp³-hybridized carbons (Fsp3) is 0.457. The zero-order chi connectivity index (χ0) is 36.5. The first kappa shape index (κ1) is 36.6. The van der Waals surface area contributed by atoms with Crippen LogP contribution < -0.4 is 10.6 Å². The zero-order valence-corrected chi connectivity index (χ0v) is 29.9. The number of amides is 2. The lowest BCUT2D eigenvalue weighted by atomic mass is 9.99. The number of pyridine rings is 1. The van der Waals surface area contributed by atoms with E-state index in [2.05, 4.69) is 10.1 Å². The minimum atomic E-state index is -1.12. The molecule has 0 atom stereocenters. The smallest absolute Gasteiger partial charge is 0.443 e. The molecule has 0 bridgehead atoms. The van der Waals surface area contributed by atoms with Crippen molar-refractivity contribution in [2.45, 2.75) is 99.5 Å². The van der Waals surface area contributed by atoms with E-state index in [0.29, 0.717) is 38.7 Å². The summed E-state index contributed by atoms with van der Waals surface area (Å²) in [6.07, 6.45) is -3.15. The van der Waals surface area contributed by atoms with Gasteiger partial charge in [-0.2, -0.15) is 0 Å². The summed E-state index contributed by atoms with van der Waals surface area (Å²) in [4.78, 5) is 64.1. The first-order valence-electron chi connectivity index (χ1n) is 15.8. The number of carbonyl (C=O) groups is 3. The summed E-state index contributed by atoms with van der Waals surface area (Å²) in [7, 11) is 0. The fourth-order valence-electron chi connectivity index (χ4n) is 4.75. The van der Waals surface area contributed by atoms with Gasteiger partial charge in [0.15, 0.2) is 5.65 Å². The van der Waals surface area contributed by atoms with Crippen molar-refractivity contribution < 1.29 is 33.3 Å². The number of fused-ring (bicyclic) bond motifs is 1. The molecule has 2 amide bonds. The van der Waals surface area contributed by atoms with Crippen molar-refractivity contribution in [3.63, 3.8) is 0 Å². The molecule has 262 valence electrons. The third kappa shape index (κ3) is 9.21. The largest absolute Gasteiger partial charge is 0.508 e. The second kappa shape index (κ2) is 13.7. The number of rotatable bonds is 6. The average Bonchev–Trinajstić information content (AvgIpc) is 3.25. The standard InChI is InChI=1S/C35H44N6O8/c1-21-19-24(20-22(2)36-21)25-26(23-15-13-12-14-16-23)37-28(41(30(43)47-33(3,4)5)31(44)48-34(6,7)8)40-27(25)38-39(29(40)42)17-18-46-32(45)49-35(9,10)11/h12-16,19-20H,17-18H2,1-11H3. The molecule has 0 aliphatic carbocycles. The van der Waals surface area contributed by atoms with Crippen LogP contribution in [0.5, 0.6) is 0 Å². The van der Waals surface area contributed by atoms with Gasteiger partial charge in [0.05, 0.1) is 17.8 Å². The van der Waals surface area contributed by atoms with Crippen molar-refractivity contribution in [1.29, 1.82) is 0 Å². The normalized spacial score (nSPS) is 12.1. The van der Waals surface area contributed by atoms with Gasteiger partial charge in [-0.25, -0.2) is 33.2 Å². The molecule has 0 saturated carbocycles. The van der Waals surface area contributed by atoms with Crippen LogP contribution in [0, 0.1) is 13.8 Å². The SMILES string of the molecule is Cc1cc(-c2c(-c3ccccc3)nc(N(C(=O)OC(C)(C)C)C(=O)OC(C)(C)C)n3c(=O)n(CCOC(=O)OC(C)(C)C)nc23)cc(C)n1. The Morgan fingerprint density at radius 1 is 0.755 bits per heavy atom. The van der Waals surface area contributed by atoms with Gasteiger partial charge < -0.3 is 18.9 Å². The third-order valence-electron chi connectivity index (χ3n) is 6.39. The predicted octanol–water partition coefficient (Wildman–Crippen LogP) is 6.87. The first-order valence-corrected chi connectivity index (χ1v) is 15.8. The van der Waals surface area contributed by atoms with Crippen LogP contribution in [0.1, 0.15) is 73.7 Å². The van der Waals surface area contributed by atoms with Gasteiger partial charge in [-0.1, -0.05) is 30.3 Å². The Hall–Kier alpha value is -5.27. The topological polar surface area (TPSA) is 156 Å². The van der Waals surface area contributed by atoms with E-state index in [0.717, 1.165) is 9.08 Å². The summed E-state index contributed by atoms with van der Waals surface area (Å²) >= 11 is 0. The fourth-order valence-corrected chi connectivity index (χ4v) is 4.75. The number of benzene rings is 1. The molecule has 0 N–H and O–H groups in total. The molecule has 0 radical (unpaired) electrons. The van der Waals surface area contributed by atoms with Crippen LogP contribution >= 0.6 is 0 Å². The van der Waals surface area contributed by atoms with E-state index in [1.807, 2.05) is 56.3 Å². The van der Waals surface area contributed by atoms with Gasteiger partial charge in [0.2, 0.25) is 5.95 Å². The minimum absolute atomic E-state index is 0.0632. The first-order chi connectivity index (χ1) is 22.6. The highest BCUT2D eigenvalue weighted by Crippen LogP contribution is 2.36. The Morgan fingerprint density at radius 2 is 1.29 bits per heavy atom. The van der Waals surface area contributed by atoms with Crippen LogP contribution in [-0.2, 0) is 25.5 Å². The third-order valence-corrected chi connectivity index (χ3v) is 6.39. The Balaban J connectivity index is 2.07. The Kier molecular flexibility index (Phi) is 10.2. The lowest BCUT2D eigenvalue weighted by Gasteiger charge is -2.28. The molecule has 14 heteroatoms. The molecule has 0 saturated heterocycles. The van der Waals surface area contributed by atoms with Crippen LogP contribution in [0.25, 0.3) is 28.0 Å². The van der Waals surface area contributed by atoms with Crippen LogP contribution in [0.2, 0.25) is 0 Å². The monoisotopic (exact) mass is 676 g/mol. The summed E-state index contributed by atoms with van der Waals surface area (Å²) in [6, 6.07) is 12.7. The molecule has 0 aliphatic rings. The van der Waals surface area contributed by atoms with Crippen molar-refractivity contribution in [2.24, 2.45) is 0 Å². The molecule has 1 aromatic carbocycles. The summed E-state index contributed by atoms with van der Waals surface area (Å²) in [5.41, 5.74) is -0.160. The van der Waals surface area contributed by atoms with Gasteiger partial charge in [-0.15, -0.1) is 10.00 Å². The molecule has 0 unspecified atom stereocenters. The predicted molar refractivity (Wildman–Crippen MR) is 183 cm³/mol. The maximum atomic E-state index is 14.2. The van der Waals surface area contributed by atoms with E-state index < -0.39 is 46.8 Å². The van der Waals surface area contributed by atoms with Crippen LogP contribution in [-0.4, -0.2) is 65.9 Å². The van der Waals surface area contributed by atoms with Crippen LogP contribution in [0.15, 0.2) is 47.3 Å². The van der Waals surface area contributed by atoms with Gasteiger partial charge >= 0.3 is 24.0 Å². The zero-order valence-electron chi connectivity index (χ0n) is 29.9. The maximum absolute atomic E-state index is 14.2. The molecular formula is C35H44N6O8. The van der Waals surface area contributed by atoms with E-state index in [9.17, 15) is 19.2 Å². The van der Waals surface area contributed by atoms with E-state index in [1.165, 1.54) is 0 Å². The molecule has 4 aromatic rings. The lowest BCUT2D eigenvalue weighted by molar-refractivity contribution is -0.00878. The summed E-state index contributed by atoms with van der Waals surface area (Å²) < 4.78 is 23.8. The van der Waals surface area contributed by atoms with E-state index in [-0.39, 0.29) is 18.8 Å². The Morgan fingerprint density at radius 3 is 1.80 bits per heavy atom. The number of ether oxygens (including phenoxy) is 4. The molecule has 4 rings (SSSR count). The number of imide groups is 1. The molecule has 3 heterocycles. The highest BCUT2D eigenvalue weighted by atomic mass is 16.7. The molecule has 3 aromatic heterocycles. The van der Waals surface area contributed by atoms with Crippen molar-refractivity contribution in [2.75, 3.05) is 11.5 Å². The molecule has 14 nitrogen and oxygen atoms in total. The maximum Gasteiger partial charge on any atom is 0.508 e. The molecular weight excluding hydrogens is 632 g/mol. The highest BCUT2D eigenvalue weighted by molar-refractivity contribution is 6.09. The van der Waals surface area contributed by atoms with E-state index in [4.69, 9.17) is 23.9 Å². The second-order valence-electron chi connectivity index (χ2n) is 14.4. The van der Waals surface area contributed by atoms with E-state index >= 15 is 0 Å². The van der Waals surface area contributed by atoms with Gasteiger partial charge in [0.25, 0.3) is 0 Å². The molecule has 0 aliphatic heterocycles. The molecule has 0 spiro atoms. The molecule has 49 heavy (non-hydrogen) atoms. The summed E-state index contributed by atoms with van der Waals surface area (Å²) in [5.74, 6) is -0.409. The quantitative estimate of drug-likeness (QED) is 0.155. The minimum Gasteiger partial charge on any atom is -0.443 e. The van der Waals surface area contributed by atoms with Crippen molar-refractivity contribution in [3.05, 3.63) is 64.3 Å². The molecule has 0 fully saturated rings. The lowest BCUT2D eigenvalue weighted by Crippen LogP contribution is -2.46. The van der Waals surface area contributed by atoms with Crippen LogP contribution in [0.4, 0.5) is 20.3 Å². The summed E-state index contributed by atoms with van der Waals surface area (Å²) in [6.45, 7) is 18.2. The van der Waals surface area contributed by atoms with Gasteiger partial charge in [-0.05, 0) is 93.9 Å². The Labute approximate surface area is 285 Å². The van der Waals surface area contributed by atoms with Crippen LogP contribution in [0.3, 0.4) is 0 Å². The van der Waals surface area contributed by atoms with Gasteiger partial charge in [0, 0.05) is 17.0 Å². The van der Waals surface area contributed by atoms with Crippen molar-refractivity contribution in [3.8, 4) is 22.4 Å². The number of nitrogens with zero attached hydrogens (tertiary/aromatic N) is 6. The van der Waals surface area contributed by atoms with Gasteiger partial charge in [0.1, 0.15) is 23.4 Å². The number of aromatic nitrogens is 5. The number of hydrogen-bond acceptors (Lipinski definition) is 11. The Bertz CT molecular complexity index is 1880.